The van der Waals surface area contributed by atoms with Gasteiger partial charge in [0.25, 0.3) is 0 Å². The molecule has 1 aliphatic rings. The minimum atomic E-state index is -0.105. The van der Waals surface area contributed by atoms with Crippen LogP contribution in [0.4, 0.5) is 0 Å². The van der Waals surface area contributed by atoms with Crippen LogP contribution >= 0.6 is 0 Å². The molecule has 1 atom stereocenters. The Labute approximate surface area is 119 Å². The summed E-state index contributed by atoms with van der Waals surface area (Å²) < 4.78 is 0. The molecule has 0 aromatic heterocycles. The van der Waals surface area contributed by atoms with Gasteiger partial charge in [0.2, 0.25) is 0 Å². The summed E-state index contributed by atoms with van der Waals surface area (Å²) in [6.07, 6.45) is 0.780. The van der Waals surface area contributed by atoms with Gasteiger partial charge in [-0.05, 0) is 37.0 Å². The van der Waals surface area contributed by atoms with Gasteiger partial charge in [-0.25, -0.2) is 0 Å². The number of carbonyl (C=O) groups is 1. The molecule has 0 radical (unpaired) electrons. The molecule has 102 valence electrons. The van der Waals surface area contributed by atoms with Crippen LogP contribution in [-0.4, -0.2) is 11.8 Å². The molecule has 3 rings (SSSR count). The molecule has 20 heavy (non-hydrogen) atoms. The molecule has 1 aliphatic heterocycles. The van der Waals surface area contributed by atoms with E-state index in [-0.39, 0.29) is 11.8 Å². The third-order valence-electron chi connectivity index (χ3n) is 4.05. The van der Waals surface area contributed by atoms with Crippen LogP contribution in [0, 0.1) is 13.8 Å². The van der Waals surface area contributed by atoms with E-state index in [1.807, 2.05) is 31.2 Å². The lowest BCUT2D eigenvalue weighted by atomic mass is 9.89. The van der Waals surface area contributed by atoms with E-state index in [1.54, 1.807) is 0 Å². The largest absolute Gasteiger partial charge is 0.303 e. The van der Waals surface area contributed by atoms with Gasteiger partial charge in [-0.15, -0.1) is 0 Å². The molecule has 2 heteroatoms. The van der Waals surface area contributed by atoms with Gasteiger partial charge in [0, 0.05) is 12.1 Å². The van der Waals surface area contributed by atoms with E-state index in [9.17, 15) is 4.79 Å². The highest BCUT2D eigenvalue weighted by atomic mass is 16.1. The average Bonchev–Trinajstić information content (AvgIpc) is 2.46. The number of nitrogens with one attached hydrogen (secondary N) is 1. The van der Waals surface area contributed by atoms with Gasteiger partial charge in [-0.3, -0.25) is 4.79 Å². The SMILES string of the molecule is Cc1ccc(C(=O)C2Cc3ccccc3CN2)c(C)c1. The molecule has 0 spiro atoms. The standard InChI is InChI=1S/C18H19NO/c1-12-7-8-16(13(2)9-12)18(20)17-10-14-5-3-4-6-15(14)11-19-17/h3-9,17,19H,10-11H2,1-2H3. The van der Waals surface area contributed by atoms with Crippen LogP contribution in [0.1, 0.15) is 32.6 Å². The molecule has 0 amide bonds. The molecular weight excluding hydrogens is 246 g/mol. The van der Waals surface area contributed by atoms with Crippen LogP contribution in [0.2, 0.25) is 0 Å². The number of carbonyl (C=O) groups excluding carboxylic acids is 1. The number of hydrogen-bond donors (Lipinski definition) is 1. The first kappa shape index (κ1) is 13.1. The summed E-state index contributed by atoms with van der Waals surface area (Å²) in [6, 6.07) is 14.3. The van der Waals surface area contributed by atoms with Crippen LogP contribution in [0.25, 0.3) is 0 Å². The summed E-state index contributed by atoms with van der Waals surface area (Å²) in [5.41, 5.74) is 5.69. The fourth-order valence-corrected chi connectivity index (χ4v) is 2.92. The minimum absolute atomic E-state index is 0.105. The summed E-state index contributed by atoms with van der Waals surface area (Å²) >= 11 is 0. The van der Waals surface area contributed by atoms with E-state index < -0.39 is 0 Å². The Morgan fingerprint density at radius 1 is 1.10 bits per heavy atom. The van der Waals surface area contributed by atoms with E-state index in [1.165, 1.54) is 16.7 Å². The van der Waals surface area contributed by atoms with E-state index >= 15 is 0 Å². The smallest absolute Gasteiger partial charge is 0.180 e. The van der Waals surface area contributed by atoms with E-state index in [2.05, 4.69) is 30.4 Å². The Kier molecular flexibility index (Phi) is 3.41. The van der Waals surface area contributed by atoms with Crippen molar-refractivity contribution in [2.75, 3.05) is 0 Å². The molecule has 1 unspecified atom stereocenters. The summed E-state index contributed by atoms with van der Waals surface area (Å²) in [7, 11) is 0. The predicted octanol–water partition coefficient (Wildman–Crippen LogP) is 3.20. The molecule has 0 fully saturated rings. The lowest BCUT2D eigenvalue weighted by molar-refractivity contribution is 0.0937. The summed E-state index contributed by atoms with van der Waals surface area (Å²) in [4.78, 5) is 12.7. The zero-order valence-corrected chi connectivity index (χ0v) is 11.9. The number of ketones is 1. The average molecular weight is 265 g/mol. The van der Waals surface area contributed by atoms with Crippen LogP contribution in [0.5, 0.6) is 0 Å². The Bertz CT molecular complexity index is 660. The highest BCUT2D eigenvalue weighted by Crippen LogP contribution is 2.20. The second kappa shape index (κ2) is 5.22. The molecule has 0 aliphatic carbocycles. The zero-order chi connectivity index (χ0) is 14.1. The molecule has 2 aromatic carbocycles. The summed E-state index contributed by atoms with van der Waals surface area (Å²) in [5.74, 6) is 0.206. The Hall–Kier alpha value is -1.93. The maximum atomic E-state index is 12.7. The van der Waals surface area contributed by atoms with Crippen molar-refractivity contribution < 1.29 is 4.79 Å². The van der Waals surface area contributed by atoms with Gasteiger partial charge < -0.3 is 5.32 Å². The van der Waals surface area contributed by atoms with E-state index in [4.69, 9.17) is 0 Å². The number of Topliss-reactive ketones (excluding diaryl/α,β-unsaturated/α-hetero) is 1. The lowest BCUT2D eigenvalue weighted by Crippen LogP contribution is -2.42. The van der Waals surface area contributed by atoms with Crippen molar-refractivity contribution in [3.8, 4) is 0 Å². The van der Waals surface area contributed by atoms with Crippen LogP contribution in [0.3, 0.4) is 0 Å². The van der Waals surface area contributed by atoms with Gasteiger partial charge in [-0.2, -0.15) is 0 Å². The molecule has 2 nitrogen and oxygen atoms in total. The fraction of sp³-hybridized carbons (Fsp3) is 0.278. The number of hydrogen-bond acceptors (Lipinski definition) is 2. The third-order valence-corrected chi connectivity index (χ3v) is 4.05. The monoisotopic (exact) mass is 265 g/mol. The number of aryl methyl sites for hydroxylation is 2. The van der Waals surface area contributed by atoms with Crippen molar-refractivity contribution >= 4 is 5.78 Å². The van der Waals surface area contributed by atoms with Gasteiger partial charge in [0.15, 0.2) is 5.78 Å². The first-order chi connectivity index (χ1) is 9.65. The van der Waals surface area contributed by atoms with E-state index in [0.717, 1.165) is 24.1 Å². The van der Waals surface area contributed by atoms with Crippen LogP contribution < -0.4 is 5.32 Å². The van der Waals surface area contributed by atoms with Crippen LogP contribution in [0.15, 0.2) is 42.5 Å². The number of fused-ring (bicyclic) bond motifs is 1. The molecule has 1 N–H and O–H groups in total. The second-order valence-corrected chi connectivity index (χ2v) is 5.59. The molecule has 0 bridgehead atoms. The maximum Gasteiger partial charge on any atom is 0.180 e. The van der Waals surface area contributed by atoms with Crippen molar-refractivity contribution in [3.05, 3.63) is 70.3 Å². The minimum Gasteiger partial charge on any atom is -0.303 e. The second-order valence-electron chi connectivity index (χ2n) is 5.59. The number of benzene rings is 2. The van der Waals surface area contributed by atoms with Gasteiger partial charge in [0.05, 0.1) is 6.04 Å². The summed E-state index contributed by atoms with van der Waals surface area (Å²) in [6.45, 7) is 4.84. The first-order valence-corrected chi connectivity index (χ1v) is 7.07. The molecular formula is C18H19NO. The molecule has 0 saturated heterocycles. The Morgan fingerprint density at radius 3 is 2.60 bits per heavy atom. The quantitative estimate of drug-likeness (QED) is 0.845. The van der Waals surface area contributed by atoms with E-state index in [0.29, 0.717) is 0 Å². The molecule has 0 saturated carbocycles. The van der Waals surface area contributed by atoms with Crippen LogP contribution in [-0.2, 0) is 13.0 Å². The maximum absolute atomic E-state index is 12.7. The fourth-order valence-electron chi connectivity index (χ4n) is 2.92. The molecule has 2 aromatic rings. The van der Waals surface area contributed by atoms with Crippen molar-refractivity contribution in [1.82, 2.24) is 5.32 Å². The Morgan fingerprint density at radius 2 is 1.85 bits per heavy atom. The van der Waals surface area contributed by atoms with Crippen molar-refractivity contribution in [2.24, 2.45) is 0 Å². The Balaban J connectivity index is 1.86. The normalized spacial score (nSPS) is 17.6. The lowest BCUT2D eigenvalue weighted by Gasteiger charge is -2.25. The number of rotatable bonds is 2. The first-order valence-electron chi connectivity index (χ1n) is 7.07. The van der Waals surface area contributed by atoms with Gasteiger partial charge in [0.1, 0.15) is 0 Å². The highest BCUT2D eigenvalue weighted by Gasteiger charge is 2.25. The van der Waals surface area contributed by atoms with Gasteiger partial charge >= 0.3 is 0 Å². The topological polar surface area (TPSA) is 29.1 Å². The summed E-state index contributed by atoms with van der Waals surface area (Å²) in [5, 5.41) is 3.37. The highest BCUT2D eigenvalue weighted by molar-refractivity contribution is 6.01. The van der Waals surface area contributed by atoms with Crippen molar-refractivity contribution in [1.29, 1.82) is 0 Å². The van der Waals surface area contributed by atoms with Crippen molar-refractivity contribution in [3.63, 3.8) is 0 Å². The predicted molar refractivity (Wildman–Crippen MR) is 81.0 cm³/mol. The third kappa shape index (κ3) is 2.39. The van der Waals surface area contributed by atoms with Crippen molar-refractivity contribution in [2.45, 2.75) is 32.9 Å². The zero-order valence-electron chi connectivity index (χ0n) is 11.9. The molecule has 1 heterocycles. The van der Waals surface area contributed by atoms with Gasteiger partial charge in [-0.1, -0.05) is 48.0 Å².